The summed E-state index contributed by atoms with van der Waals surface area (Å²) < 4.78 is 0. The van der Waals surface area contributed by atoms with Crippen molar-refractivity contribution in [1.82, 2.24) is 15.0 Å². The third-order valence-corrected chi connectivity index (χ3v) is 2.78. The van der Waals surface area contributed by atoms with Gasteiger partial charge in [-0.1, -0.05) is 0 Å². The van der Waals surface area contributed by atoms with E-state index in [9.17, 15) is 0 Å². The summed E-state index contributed by atoms with van der Waals surface area (Å²) in [5, 5.41) is 4.28. The quantitative estimate of drug-likeness (QED) is 0.861. The predicted molar refractivity (Wildman–Crippen MR) is 60.9 cm³/mol. The first-order valence-electron chi connectivity index (χ1n) is 4.69. The van der Waals surface area contributed by atoms with E-state index in [-0.39, 0.29) is 0 Å². The minimum Gasteiger partial charge on any atom is -0.363 e. The molecular formula is C10H12N4S. The van der Waals surface area contributed by atoms with Crippen LogP contribution < -0.4 is 5.32 Å². The van der Waals surface area contributed by atoms with E-state index in [2.05, 4.69) is 27.2 Å². The van der Waals surface area contributed by atoms with E-state index in [0.29, 0.717) is 0 Å². The zero-order valence-electron chi connectivity index (χ0n) is 8.69. The molecule has 0 radical (unpaired) electrons. The van der Waals surface area contributed by atoms with Crippen LogP contribution in [0.25, 0.3) is 0 Å². The first kappa shape index (κ1) is 10.0. The SMILES string of the molecule is Cc1nccc(NCc2ncc(C)s2)n1. The van der Waals surface area contributed by atoms with Crippen LogP contribution in [0.15, 0.2) is 18.5 Å². The molecule has 0 fully saturated rings. The van der Waals surface area contributed by atoms with E-state index in [1.165, 1.54) is 4.88 Å². The van der Waals surface area contributed by atoms with Crippen molar-refractivity contribution in [3.05, 3.63) is 34.2 Å². The Morgan fingerprint density at radius 2 is 2.20 bits per heavy atom. The maximum absolute atomic E-state index is 4.27. The van der Waals surface area contributed by atoms with Crippen LogP contribution in [0, 0.1) is 13.8 Å². The Kier molecular flexibility index (Phi) is 2.91. The Hall–Kier alpha value is -1.49. The van der Waals surface area contributed by atoms with Gasteiger partial charge >= 0.3 is 0 Å². The first-order chi connectivity index (χ1) is 7.24. The summed E-state index contributed by atoms with van der Waals surface area (Å²) in [6, 6.07) is 1.85. The molecule has 4 nitrogen and oxygen atoms in total. The molecule has 78 valence electrons. The molecular weight excluding hydrogens is 208 g/mol. The van der Waals surface area contributed by atoms with Crippen molar-refractivity contribution >= 4 is 17.2 Å². The molecule has 0 atom stereocenters. The smallest absolute Gasteiger partial charge is 0.129 e. The van der Waals surface area contributed by atoms with Gasteiger partial charge in [-0.3, -0.25) is 0 Å². The van der Waals surface area contributed by atoms with Crippen LogP contribution in [-0.2, 0) is 6.54 Å². The molecule has 0 saturated carbocycles. The molecule has 0 aliphatic rings. The van der Waals surface area contributed by atoms with E-state index in [1.54, 1.807) is 17.5 Å². The van der Waals surface area contributed by atoms with E-state index in [4.69, 9.17) is 0 Å². The third-order valence-electron chi connectivity index (χ3n) is 1.87. The molecule has 0 unspecified atom stereocenters. The molecule has 15 heavy (non-hydrogen) atoms. The number of rotatable bonds is 3. The number of hydrogen-bond donors (Lipinski definition) is 1. The Balaban J connectivity index is 1.99. The lowest BCUT2D eigenvalue weighted by Gasteiger charge is -2.02. The summed E-state index contributed by atoms with van der Waals surface area (Å²) in [6.07, 6.45) is 3.63. The van der Waals surface area contributed by atoms with Gasteiger partial charge in [-0.2, -0.15) is 0 Å². The normalized spacial score (nSPS) is 10.3. The van der Waals surface area contributed by atoms with E-state index in [1.807, 2.05) is 19.2 Å². The Labute approximate surface area is 92.4 Å². The fourth-order valence-electron chi connectivity index (χ4n) is 1.20. The highest BCUT2D eigenvalue weighted by Crippen LogP contribution is 2.12. The van der Waals surface area contributed by atoms with Crippen LogP contribution in [0.4, 0.5) is 5.82 Å². The summed E-state index contributed by atoms with van der Waals surface area (Å²) in [5.41, 5.74) is 0. The van der Waals surface area contributed by atoms with Gasteiger partial charge in [0.2, 0.25) is 0 Å². The molecule has 0 aromatic carbocycles. The minimum absolute atomic E-state index is 0.717. The Morgan fingerprint density at radius 1 is 1.33 bits per heavy atom. The molecule has 0 aliphatic carbocycles. The number of nitrogens with zero attached hydrogens (tertiary/aromatic N) is 3. The van der Waals surface area contributed by atoms with E-state index in [0.717, 1.165) is 23.2 Å². The van der Waals surface area contributed by atoms with Crippen molar-refractivity contribution in [1.29, 1.82) is 0 Å². The van der Waals surface area contributed by atoms with Gasteiger partial charge in [0, 0.05) is 17.3 Å². The van der Waals surface area contributed by atoms with Crippen LogP contribution in [0.1, 0.15) is 15.7 Å². The van der Waals surface area contributed by atoms with Crippen molar-refractivity contribution in [2.75, 3.05) is 5.32 Å². The van der Waals surface area contributed by atoms with Crippen LogP contribution in [0.2, 0.25) is 0 Å². The summed E-state index contributed by atoms with van der Waals surface area (Å²) in [4.78, 5) is 13.8. The molecule has 2 heterocycles. The number of hydrogen-bond acceptors (Lipinski definition) is 5. The first-order valence-corrected chi connectivity index (χ1v) is 5.50. The van der Waals surface area contributed by atoms with Crippen molar-refractivity contribution in [3.63, 3.8) is 0 Å². The minimum atomic E-state index is 0.717. The van der Waals surface area contributed by atoms with Crippen LogP contribution in [0.5, 0.6) is 0 Å². The van der Waals surface area contributed by atoms with E-state index < -0.39 is 0 Å². The number of nitrogens with one attached hydrogen (secondary N) is 1. The second kappa shape index (κ2) is 4.35. The third kappa shape index (κ3) is 2.73. The van der Waals surface area contributed by atoms with Crippen molar-refractivity contribution in [2.45, 2.75) is 20.4 Å². The fourth-order valence-corrected chi connectivity index (χ4v) is 1.93. The van der Waals surface area contributed by atoms with Crippen molar-refractivity contribution < 1.29 is 0 Å². The maximum Gasteiger partial charge on any atom is 0.129 e. The summed E-state index contributed by atoms with van der Waals surface area (Å²) in [5.74, 6) is 1.62. The van der Waals surface area contributed by atoms with Gasteiger partial charge in [0.05, 0.1) is 6.54 Å². The molecule has 2 aromatic rings. The molecule has 0 bridgehead atoms. The molecule has 0 spiro atoms. The number of thiazole rings is 1. The van der Waals surface area contributed by atoms with Gasteiger partial charge in [-0.25, -0.2) is 15.0 Å². The molecule has 2 rings (SSSR count). The predicted octanol–water partition coefficient (Wildman–Crippen LogP) is 2.16. The average molecular weight is 220 g/mol. The lowest BCUT2D eigenvalue weighted by molar-refractivity contribution is 1.01. The van der Waals surface area contributed by atoms with Crippen LogP contribution >= 0.6 is 11.3 Å². The van der Waals surface area contributed by atoms with Gasteiger partial charge in [0.15, 0.2) is 0 Å². The zero-order chi connectivity index (χ0) is 10.7. The molecule has 5 heteroatoms. The number of aryl methyl sites for hydroxylation is 2. The maximum atomic E-state index is 4.27. The highest BCUT2D eigenvalue weighted by Gasteiger charge is 1.99. The van der Waals surface area contributed by atoms with Crippen LogP contribution in [0.3, 0.4) is 0 Å². The van der Waals surface area contributed by atoms with Crippen molar-refractivity contribution in [3.8, 4) is 0 Å². The van der Waals surface area contributed by atoms with Gasteiger partial charge in [-0.05, 0) is 19.9 Å². The molecule has 2 aromatic heterocycles. The Bertz CT molecular complexity index is 452. The molecule has 0 aliphatic heterocycles. The molecule has 1 N–H and O–H groups in total. The summed E-state index contributed by atoms with van der Waals surface area (Å²) >= 11 is 1.69. The number of anilines is 1. The zero-order valence-corrected chi connectivity index (χ0v) is 9.51. The van der Waals surface area contributed by atoms with Crippen molar-refractivity contribution in [2.24, 2.45) is 0 Å². The summed E-state index contributed by atoms with van der Waals surface area (Å²) in [7, 11) is 0. The Morgan fingerprint density at radius 3 is 2.87 bits per heavy atom. The van der Waals surface area contributed by atoms with Gasteiger partial charge in [-0.15, -0.1) is 11.3 Å². The second-order valence-corrected chi connectivity index (χ2v) is 4.53. The monoisotopic (exact) mass is 220 g/mol. The number of aromatic nitrogens is 3. The fraction of sp³-hybridized carbons (Fsp3) is 0.300. The van der Waals surface area contributed by atoms with Gasteiger partial charge in [0.1, 0.15) is 16.6 Å². The lowest BCUT2D eigenvalue weighted by atomic mass is 10.5. The van der Waals surface area contributed by atoms with Gasteiger partial charge < -0.3 is 5.32 Å². The topological polar surface area (TPSA) is 50.7 Å². The van der Waals surface area contributed by atoms with E-state index >= 15 is 0 Å². The lowest BCUT2D eigenvalue weighted by Crippen LogP contribution is -2.02. The average Bonchev–Trinajstić information content (AvgIpc) is 2.62. The standard InChI is InChI=1S/C10H12N4S/c1-7-5-13-10(15-7)6-12-9-3-4-11-8(2)14-9/h3-5H,6H2,1-2H3,(H,11,12,14). The van der Waals surface area contributed by atoms with Gasteiger partial charge in [0.25, 0.3) is 0 Å². The highest BCUT2D eigenvalue weighted by atomic mass is 32.1. The highest BCUT2D eigenvalue weighted by molar-refractivity contribution is 7.11. The summed E-state index contributed by atoms with van der Waals surface area (Å²) in [6.45, 7) is 4.64. The van der Waals surface area contributed by atoms with Crippen LogP contribution in [-0.4, -0.2) is 15.0 Å². The second-order valence-electron chi connectivity index (χ2n) is 3.21. The molecule has 0 saturated heterocycles. The largest absolute Gasteiger partial charge is 0.363 e. The molecule has 0 amide bonds.